The average molecular weight is 349 g/mol. The van der Waals surface area contributed by atoms with Crippen molar-refractivity contribution >= 4 is 15.9 Å². The summed E-state index contributed by atoms with van der Waals surface area (Å²) in [4.78, 5) is 12.5. The number of hydrogen-bond donors (Lipinski definition) is 2. The number of carbonyl (C=O) groups is 1. The van der Waals surface area contributed by atoms with E-state index >= 15 is 0 Å². The Kier molecular flexibility index (Phi) is 5.15. The zero-order chi connectivity index (χ0) is 18.0. The Hall–Kier alpha value is -2.12. The molecule has 1 aromatic heterocycles. The van der Waals surface area contributed by atoms with Crippen molar-refractivity contribution in [1.29, 1.82) is 0 Å². The van der Waals surface area contributed by atoms with E-state index in [0.717, 1.165) is 5.56 Å². The Morgan fingerprint density at radius 3 is 2.42 bits per heavy atom. The molecule has 0 bridgehead atoms. The summed E-state index contributed by atoms with van der Waals surface area (Å²) in [6, 6.07) is 11.3. The maximum atomic E-state index is 12.4. The molecular formula is C17H23N3O3S. The third-order valence-electron chi connectivity index (χ3n) is 4.04. The highest BCUT2D eigenvalue weighted by Crippen LogP contribution is 2.22. The first-order valence-electron chi connectivity index (χ1n) is 7.61. The molecule has 0 saturated heterocycles. The van der Waals surface area contributed by atoms with E-state index in [1.54, 1.807) is 7.05 Å². The van der Waals surface area contributed by atoms with E-state index in [-0.39, 0.29) is 16.2 Å². The monoisotopic (exact) mass is 349 g/mol. The average Bonchev–Trinajstić information content (AvgIpc) is 2.96. The summed E-state index contributed by atoms with van der Waals surface area (Å²) in [5.41, 5.74) is 1.19. The highest BCUT2D eigenvalue weighted by atomic mass is 32.2. The van der Waals surface area contributed by atoms with Crippen LogP contribution in [0, 0.1) is 0 Å². The first-order valence-corrected chi connectivity index (χ1v) is 9.09. The molecule has 1 amide bonds. The number of nitrogens with one attached hydrogen (secondary N) is 2. The lowest BCUT2D eigenvalue weighted by molar-refractivity contribution is 0.0937. The molecule has 0 aliphatic rings. The zero-order valence-corrected chi connectivity index (χ0v) is 15.1. The number of benzene rings is 1. The van der Waals surface area contributed by atoms with E-state index in [1.165, 1.54) is 23.9 Å². The van der Waals surface area contributed by atoms with Gasteiger partial charge in [-0.25, -0.2) is 13.1 Å². The Morgan fingerprint density at radius 2 is 1.83 bits per heavy atom. The van der Waals surface area contributed by atoms with Crippen LogP contribution in [-0.2, 0) is 22.5 Å². The van der Waals surface area contributed by atoms with Crippen LogP contribution in [0.2, 0.25) is 0 Å². The Bertz CT molecular complexity index is 824. The first-order chi connectivity index (χ1) is 11.2. The summed E-state index contributed by atoms with van der Waals surface area (Å²) in [5.74, 6) is -0.306. The summed E-state index contributed by atoms with van der Waals surface area (Å²) in [7, 11) is -0.588. The summed E-state index contributed by atoms with van der Waals surface area (Å²) in [6.45, 7) is 4.53. The molecule has 1 aromatic carbocycles. The Balaban J connectivity index is 2.14. The lowest BCUT2D eigenvalue weighted by Gasteiger charge is -2.25. The molecule has 0 unspecified atom stereocenters. The first kappa shape index (κ1) is 18.2. The fourth-order valence-corrected chi connectivity index (χ4v) is 3.21. The van der Waals surface area contributed by atoms with E-state index in [4.69, 9.17) is 0 Å². The molecule has 2 aromatic rings. The van der Waals surface area contributed by atoms with Gasteiger partial charge >= 0.3 is 0 Å². The van der Waals surface area contributed by atoms with Gasteiger partial charge in [0, 0.05) is 25.2 Å². The van der Waals surface area contributed by atoms with Crippen LogP contribution in [0.5, 0.6) is 0 Å². The van der Waals surface area contributed by atoms with Crippen molar-refractivity contribution in [2.45, 2.75) is 24.2 Å². The summed E-state index contributed by atoms with van der Waals surface area (Å²) in [6.07, 6.45) is 1.42. The van der Waals surface area contributed by atoms with Crippen LogP contribution >= 0.6 is 0 Å². The molecule has 1 heterocycles. The third kappa shape index (κ3) is 3.85. The highest BCUT2D eigenvalue weighted by molar-refractivity contribution is 7.89. The molecule has 0 spiro atoms. The van der Waals surface area contributed by atoms with Crippen LogP contribution in [0.4, 0.5) is 0 Å². The molecule has 2 rings (SSSR count). The van der Waals surface area contributed by atoms with Gasteiger partial charge in [-0.2, -0.15) is 0 Å². The number of carbonyl (C=O) groups excluding carboxylic acids is 1. The van der Waals surface area contributed by atoms with E-state index in [1.807, 2.05) is 44.2 Å². The number of rotatable bonds is 6. The minimum Gasteiger partial charge on any atom is -0.350 e. The molecule has 0 atom stereocenters. The van der Waals surface area contributed by atoms with Crippen molar-refractivity contribution < 1.29 is 13.2 Å². The molecule has 0 fully saturated rings. The van der Waals surface area contributed by atoms with E-state index < -0.39 is 10.0 Å². The third-order valence-corrected chi connectivity index (χ3v) is 5.42. The lowest BCUT2D eigenvalue weighted by Crippen LogP contribution is -2.37. The molecular weight excluding hydrogens is 326 g/mol. The molecule has 7 heteroatoms. The molecule has 6 nitrogen and oxygen atoms in total. The fourth-order valence-electron chi connectivity index (χ4n) is 2.41. The van der Waals surface area contributed by atoms with E-state index in [2.05, 4.69) is 10.0 Å². The predicted octanol–water partition coefficient (Wildman–Crippen LogP) is 1.64. The van der Waals surface area contributed by atoms with Crippen LogP contribution in [0.1, 0.15) is 29.9 Å². The van der Waals surface area contributed by atoms with Crippen LogP contribution in [-0.4, -0.2) is 32.5 Å². The Morgan fingerprint density at radius 1 is 1.21 bits per heavy atom. The van der Waals surface area contributed by atoms with Crippen LogP contribution in [0.3, 0.4) is 0 Å². The SMILES string of the molecule is CNS(=O)(=O)c1cc(C(=O)NCC(C)(C)c2ccccc2)n(C)c1. The fraction of sp³-hybridized carbons (Fsp3) is 0.353. The topological polar surface area (TPSA) is 80.2 Å². The minimum atomic E-state index is -3.57. The minimum absolute atomic E-state index is 0.0694. The molecule has 0 radical (unpaired) electrons. The number of hydrogen-bond acceptors (Lipinski definition) is 3. The van der Waals surface area contributed by atoms with Gasteiger partial charge in [-0.15, -0.1) is 0 Å². The van der Waals surface area contributed by atoms with Gasteiger partial charge in [0.1, 0.15) is 10.6 Å². The second-order valence-corrected chi connectivity index (χ2v) is 8.20. The van der Waals surface area contributed by atoms with Crippen molar-refractivity contribution in [3.05, 3.63) is 53.9 Å². The van der Waals surface area contributed by atoms with Gasteiger partial charge in [0.25, 0.3) is 5.91 Å². The maximum absolute atomic E-state index is 12.4. The maximum Gasteiger partial charge on any atom is 0.267 e. The van der Waals surface area contributed by atoms with E-state index in [9.17, 15) is 13.2 Å². The standard InChI is InChI=1S/C17H23N3O3S/c1-17(2,13-8-6-5-7-9-13)12-19-16(21)15-10-14(11-20(15)4)24(22,23)18-3/h5-11,18H,12H2,1-4H3,(H,19,21). The number of nitrogens with zero attached hydrogens (tertiary/aromatic N) is 1. The summed E-state index contributed by atoms with van der Waals surface area (Å²) >= 11 is 0. The molecule has 2 N–H and O–H groups in total. The van der Waals surface area contributed by atoms with Crippen LogP contribution in [0.25, 0.3) is 0 Å². The van der Waals surface area contributed by atoms with E-state index in [0.29, 0.717) is 12.2 Å². The van der Waals surface area contributed by atoms with Crippen LogP contribution in [0.15, 0.2) is 47.5 Å². The van der Waals surface area contributed by atoms with Crippen LogP contribution < -0.4 is 10.0 Å². The van der Waals surface area contributed by atoms with Crippen molar-refractivity contribution in [3.63, 3.8) is 0 Å². The summed E-state index contributed by atoms with van der Waals surface area (Å²) < 4.78 is 27.4. The van der Waals surface area contributed by atoms with Crippen molar-refractivity contribution in [1.82, 2.24) is 14.6 Å². The largest absolute Gasteiger partial charge is 0.350 e. The number of aryl methyl sites for hydroxylation is 1. The number of amides is 1. The molecule has 0 saturated carbocycles. The van der Waals surface area contributed by atoms with Crippen molar-refractivity contribution in [3.8, 4) is 0 Å². The quantitative estimate of drug-likeness (QED) is 0.832. The van der Waals surface area contributed by atoms with Gasteiger partial charge in [0.05, 0.1) is 0 Å². The van der Waals surface area contributed by atoms with Gasteiger partial charge < -0.3 is 9.88 Å². The molecule has 24 heavy (non-hydrogen) atoms. The smallest absolute Gasteiger partial charge is 0.267 e. The molecule has 0 aliphatic heterocycles. The highest BCUT2D eigenvalue weighted by Gasteiger charge is 2.23. The predicted molar refractivity (Wildman–Crippen MR) is 93.5 cm³/mol. The second-order valence-electron chi connectivity index (χ2n) is 6.31. The van der Waals surface area contributed by atoms with Gasteiger partial charge in [-0.1, -0.05) is 44.2 Å². The number of aromatic nitrogens is 1. The van der Waals surface area contributed by atoms with Gasteiger partial charge in [-0.05, 0) is 18.7 Å². The Labute approximate surface area is 142 Å². The molecule has 0 aliphatic carbocycles. The van der Waals surface area contributed by atoms with Gasteiger partial charge in [0.2, 0.25) is 10.0 Å². The zero-order valence-electron chi connectivity index (χ0n) is 14.3. The lowest BCUT2D eigenvalue weighted by atomic mass is 9.84. The van der Waals surface area contributed by atoms with Crippen molar-refractivity contribution in [2.24, 2.45) is 7.05 Å². The number of sulfonamides is 1. The second kappa shape index (κ2) is 6.78. The normalized spacial score (nSPS) is 12.2. The summed E-state index contributed by atoms with van der Waals surface area (Å²) in [5, 5.41) is 2.89. The van der Waals surface area contributed by atoms with Crippen molar-refractivity contribution in [2.75, 3.05) is 13.6 Å². The van der Waals surface area contributed by atoms with Gasteiger partial charge in [-0.3, -0.25) is 4.79 Å². The molecule has 130 valence electrons. The van der Waals surface area contributed by atoms with Gasteiger partial charge in [0.15, 0.2) is 0 Å².